The van der Waals surface area contributed by atoms with Gasteiger partial charge in [-0.25, -0.2) is 4.79 Å². The van der Waals surface area contributed by atoms with Crippen LogP contribution in [-0.2, 0) is 4.74 Å². The number of hydrogen-bond acceptors (Lipinski definition) is 7. The lowest BCUT2D eigenvalue weighted by Crippen LogP contribution is -2.44. The molecule has 0 bridgehead atoms. The van der Waals surface area contributed by atoms with Crippen molar-refractivity contribution in [1.82, 2.24) is 4.90 Å². The van der Waals surface area contributed by atoms with Gasteiger partial charge in [0.2, 0.25) is 5.82 Å². The van der Waals surface area contributed by atoms with E-state index in [9.17, 15) is 24.1 Å². The molecule has 1 amide bonds. The van der Waals surface area contributed by atoms with Gasteiger partial charge in [0.1, 0.15) is 0 Å². The van der Waals surface area contributed by atoms with Crippen molar-refractivity contribution in [3.63, 3.8) is 0 Å². The molecular weight excluding hydrogens is 407 g/mol. The Morgan fingerprint density at radius 3 is 2.45 bits per heavy atom. The van der Waals surface area contributed by atoms with E-state index in [1.165, 1.54) is 12.1 Å². The van der Waals surface area contributed by atoms with Crippen molar-refractivity contribution < 1.29 is 23.6 Å². The van der Waals surface area contributed by atoms with Gasteiger partial charge in [-0.15, -0.1) is 0 Å². The van der Waals surface area contributed by atoms with Crippen LogP contribution in [0.25, 0.3) is 0 Å². The SMILES string of the molecule is CCOC(=O)c1ccc(N2CCN(C)CC2)c(NC(=O)c2ccc(F)c([N+](=O)[O-])c2)c1. The smallest absolute Gasteiger partial charge is 0.338 e. The molecule has 10 heteroatoms. The Morgan fingerprint density at radius 2 is 1.81 bits per heavy atom. The molecule has 1 fully saturated rings. The average molecular weight is 430 g/mol. The molecule has 0 saturated carbocycles. The summed E-state index contributed by atoms with van der Waals surface area (Å²) in [5.74, 6) is -2.20. The number of nitrogens with one attached hydrogen (secondary N) is 1. The number of anilines is 2. The molecule has 0 aromatic heterocycles. The topological polar surface area (TPSA) is 105 Å². The Balaban J connectivity index is 1.94. The lowest BCUT2D eigenvalue weighted by atomic mass is 10.1. The highest BCUT2D eigenvalue weighted by molar-refractivity contribution is 6.07. The first kappa shape index (κ1) is 22.2. The first-order valence-corrected chi connectivity index (χ1v) is 9.80. The van der Waals surface area contributed by atoms with E-state index in [1.807, 2.05) is 7.05 Å². The molecule has 9 nitrogen and oxygen atoms in total. The summed E-state index contributed by atoms with van der Waals surface area (Å²) < 4.78 is 18.7. The number of ether oxygens (including phenoxy) is 1. The van der Waals surface area contributed by atoms with Gasteiger partial charge in [-0.2, -0.15) is 4.39 Å². The Kier molecular flexibility index (Phi) is 6.81. The van der Waals surface area contributed by atoms with E-state index in [-0.39, 0.29) is 17.7 Å². The van der Waals surface area contributed by atoms with Gasteiger partial charge < -0.3 is 19.9 Å². The van der Waals surface area contributed by atoms with Gasteiger partial charge in [-0.1, -0.05) is 0 Å². The molecule has 0 atom stereocenters. The number of nitro benzene ring substituents is 1. The summed E-state index contributed by atoms with van der Waals surface area (Å²) in [6.45, 7) is 5.01. The molecular formula is C21H23FN4O5. The van der Waals surface area contributed by atoms with Crippen molar-refractivity contribution in [3.8, 4) is 0 Å². The molecule has 164 valence electrons. The standard InChI is InChI=1S/C21H23FN4O5/c1-3-31-21(28)15-5-7-18(25-10-8-24(2)9-11-25)17(12-15)23-20(27)14-4-6-16(22)19(13-14)26(29)30/h4-7,12-13H,3,8-11H2,1-2H3,(H,23,27). The van der Waals surface area contributed by atoms with Crippen LogP contribution in [0.5, 0.6) is 0 Å². The van der Waals surface area contributed by atoms with Gasteiger partial charge in [-0.05, 0) is 44.3 Å². The fourth-order valence-electron chi connectivity index (χ4n) is 3.29. The van der Waals surface area contributed by atoms with E-state index < -0.39 is 28.3 Å². The number of nitro groups is 1. The van der Waals surface area contributed by atoms with Gasteiger partial charge in [0, 0.05) is 37.8 Å². The van der Waals surface area contributed by atoms with Crippen LogP contribution in [0.4, 0.5) is 21.5 Å². The third kappa shape index (κ3) is 5.15. The molecule has 2 aromatic carbocycles. The molecule has 1 heterocycles. The first-order valence-electron chi connectivity index (χ1n) is 9.80. The minimum absolute atomic E-state index is 0.0704. The van der Waals surface area contributed by atoms with E-state index in [0.29, 0.717) is 11.4 Å². The Labute approximate surface area is 178 Å². The zero-order valence-electron chi connectivity index (χ0n) is 17.3. The van der Waals surface area contributed by atoms with Crippen molar-refractivity contribution >= 4 is 28.9 Å². The molecule has 0 spiro atoms. The molecule has 31 heavy (non-hydrogen) atoms. The second-order valence-corrected chi connectivity index (χ2v) is 7.12. The minimum Gasteiger partial charge on any atom is -0.462 e. The zero-order chi connectivity index (χ0) is 22.5. The van der Waals surface area contributed by atoms with Crippen molar-refractivity contribution in [1.29, 1.82) is 0 Å². The summed E-state index contributed by atoms with van der Waals surface area (Å²) in [7, 11) is 2.02. The van der Waals surface area contributed by atoms with Crippen LogP contribution >= 0.6 is 0 Å². The molecule has 0 aliphatic carbocycles. The van der Waals surface area contributed by atoms with Crippen LogP contribution in [-0.4, -0.2) is 61.5 Å². The summed E-state index contributed by atoms with van der Waals surface area (Å²) in [6.07, 6.45) is 0. The second kappa shape index (κ2) is 9.52. The number of nitrogens with zero attached hydrogens (tertiary/aromatic N) is 3. The summed E-state index contributed by atoms with van der Waals surface area (Å²) in [5, 5.41) is 13.7. The highest BCUT2D eigenvalue weighted by atomic mass is 19.1. The molecule has 2 aromatic rings. The van der Waals surface area contributed by atoms with Crippen LogP contribution in [0.1, 0.15) is 27.6 Å². The first-order chi connectivity index (χ1) is 14.8. The quantitative estimate of drug-likeness (QED) is 0.427. The number of rotatable bonds is 6. The second-order valence-electron chi connectivity index (χ2n) is 7.12. The summed E-state index contributed by atoms with van der Waals surface area (Å²) in [5.41, 5.74) is 0.490. The molecule has 1 aliphatic heterocycles. The minimum atomic E-state index is -1.02. The molecule has 0 radical (unpaired) electrons. The number of likely N-dealkylation sites (N-methyl/N-ethyl adjacent to an activating group) is 1. The van der Waals surface area contributed by atoms with Gasteiger partial charge in [0.05, 0.1) is 28.5 Å². The van der Waals surface area contributed by atoms with E-state index >= 15 is 0 Å². The van der Waals surface area contributed by atoms with E-state index in [4.69, 9.17) is 4.74 Å². The maximum absolute atomic E-state index is 13.6. The Hall–Kier alpha value is -3.53. The average Bonchev–Trinajstić information content (AvgIpc) is 2.74. The van der Waals surface area contributed by atoms with Crippen molar-refractivity contribution in [3.05, 3.63) is 63.5 Å². The van der Waals surface area contributed by atoms with E-state index in [1.54, 1.807) is 19.1 Å². The largest absolute Gasteiger partial charge is 0.462 e. The normalized spacial score (nSPS) is 14.2. The van der Waals surface area contributed by atoms with Gasteiger partial charge in [0.15, 0.2) is 0 Å². The number of carbonyl (C=O) groups is 2. The van der Waals surface area contributed by atoms with Crippen molar-refractivity contribution in [2.75, 3.05) is 50.1 Å². The molecule has 1 saturated heterocycles. The fourth-order valence-corrected chi connectivity index (χ4v) is 3.29. The van der Waals surface area contributed by atoms with Crippen LogP contribution < -0.4 is 10.2 Å². The zero-order valence-corrected chi connectivity index (χ0v) is 17.3. The molecule has 3 rings (SSSR count). The van der Waals surface area contributed by atoms with Crippen molar-refractivity contribution in [2.45, 2.75) is 6.92 Å². The number of esters is 1. The van der Waals surface area contributed by atoms with Gasteiger partial charge in [-0.3, -0.25) is 14.9 Å². The lowest BCUT2D eigenvalue weighted by Gasteiger charge is -2.35. The number of carbonyl (C=O) groups excluding carboxylic acids is 2. The highest BCUT2D eigenvalue weighted by Crippen LogP contribution is 2.29. The van der Waals surface area contributed by atoms with E-state index in [0.717, 1.165) is 38.3 Å². The predicted octanol–water partition coefficient (Wildman–Crippen LogP) is 2.91. The maximum atomic E-state index is 13.6. The third-order valence-electron chi connectivity index (χ3n) is 5.00. The molecule has 1 N–H and O–H groups in total. The number of halogens is 1. The van der Waals surface area contributed by atoms with Crippen molar-refractivity contribution in [2.24, 2.45) is 0 Å². The summed E-state index contributed by atoms with van der Waals surface area (Å²) in [6, 6.07) is 7.81. The highest BCUT2D eigenvalue weighted by Gasteiger charge is 2.22. The lowest BCUT2D eigenvalue weighted by molar-refractivity contribution is -0.387. The maximum Gasteiger partial charge on any atom is 0.338 e. The van der Waals surface area contributed by atoms with Gasteiger partial charge >= 0.3 is 11.7 Å². The van der Waals surface area contributed by atoms with Crippen LogP contribution in [0.2, 0.25) is 0 Å². The number of amides is 1. The van der Waals surface area contributed by atoms with Gasteiger partial charge in [0.25, 0.3) is 5.91 Å². The summed E-state index contributed by atoms with van der Waals surface area (Å²) in [4.78, 5) is 39.3. The monoisotopic (exact) mass is 430 g/mol. The third-order valence-corrected chi connectivity index (χ3v) is 5.00. The molecule has 0 unspecified atom stereocenters. The van der Waals surface area contributed by atoms with Crippen LogP contribution in [0.3, 0.4) is 0 Å². The number of piperazine rings is 1. The fraction of sp³-hybridized carbons (Fsp3) is 0.333. The Bertz CT molecular complexity index is 1010. The number of hydrogen-bond donors (Lipinski definition) is 1. The van der Waals surface area contributed by atoms with Crippen LogP contribution in [0.15, 0.2) is 36.4 Å². The van der Waals surface area contributed by atoms with Crippen LogP contribution in [0, 0.1) is 15.9 Å². The number of benzene rings is 2. The molecule has 1 aliphatic rings. The summed E-state index contributed by atoms with van der Waals surface area (Å²) >= 11 is 0. The Morgan fingerprint density at radius 1 is 1.13 bits per heavy atom. The predicted molar refractivity (Wildman–Crippen MR) is 113 cm³/mol. The van der Waals surface area contributed by atoms with E-state index in [2.05, 4.69) is 15.1 Å².